The Hall–Kier alpha value is -2.54. The summed E-state index contributed by atoms with van der Waals surface area (Å²) in [7, 11) is 0. The smallest absolute Gasteiger partial charge is 0.325 e. The number of carbonyl (C=O) groups excluding carboxylic acids is 1. The summed E-state index contributed by atoms with van der Waals surface area (Å²) in [4.78, 5) is 11.7. The fourth-order valence-electron chi connectivity index (χ4n) is 1.29. The van der Waals surface area contributed by atoms with Crippen molar-refractivity contribution in [1.29, 1.82) is 10.5 Å². The number of halogens is 3. The first-order valence-electron chi connectivity index (χ1n) is 5.46. The predicted molar refractivity (Wildman–Crippen MR) is 64.2 cm³/mol. The third-order valence-electron chi connectivity index (χ3n) is 2.55. The van der Waals surface area contributed by atoms with Crippen molar-refractivity contribution in [2.45, 2.75) is 20.0 Å². The Morgan fingerprint density at radius 2 is 1.85 bits per heavy atom. The number of benzene rings is 1. The van der Waals surface area contributed by atoms with E-state index in [1.165, 1.54) is 26.0 Å². The molecule has 0 aliphatic heterocycles. The maximum absolute atomic E-state index is 12.7. The lowest BCUT2D eigenvalue weighted by Crippen LogP contribution is -2.29. The third kappa shape index (κ3) is 3.27. The second-order valence-electron chi connectivity index (χ2n) is 4.56. The van der Waals surface area contributed by atoms with Crippen molar-refractivity contribution in [3.63, 3.8) is 0 Å². The van der Waals surface area contributed by atoms with E-state index in [2.05, 4.69) is 5.32 Å². The van der Waals surface area contributed by atoms with Crippen molar-refractivity contribution in [3.05, 3.63) is 29.3 Å². The van der Waals surface area contributed by atoms with E-state index in [0.717, 1.165) is 6.07 Å². The highest BCUT2D eigenvalue weighted by Gasteiger charge is 2.34. The molecule has 0 aliphatic rings. The minimum atomic E-state index is -4.70. The first-order chi connectivity index (χ1) is 9.11. The maximum Gasteiger partial charge on any atom is 0.417 e. The zero-order valence-corrected chi connectivity index (χ0v) is 10.7. The number of nitrogens with one attached hydrogen (secondary N) is 1. The van der Waals surface area contributed by atoms with Gasteiger partial charge in [-0.2, -0.15) is 23.7 Å². The number of rotatable bonds is 2. The molecule has 0 radical (unpaired) electrons. The van der Waals surface area contributed by atoms with Crippen molar-refractivity contribution in [2.24, 2.45) is 5.41 Å². The topological polar surface area (TPSA) is 76.7 Å². The van der Waals surface area contributed by atoms with Gasteiger partial charge in [0.2, 0.25) is 5.91 Å². The van der Waals surface area contributed by atoms with Crippen LogP contribution in [-0.4, -0.2) is 5.91 Å². The molecule has 0 aromatic heterocycles. The van der Waals surface area contributed by atoms with Crippen LogP contribution in [-0.2, 0) is 11.0 Å². The summed E-state index contributed by atoms with van der Waals surface area (Å²) < 4.78 is 38.2. The molecule has 0 bridgehead atoms. The number of nitrogens with zero attached hydrogens (tertiary/aromatic N) is 2. The van der Waals surface area contributed by atoms with Crippen LogP contribution in [0.25, 0.3) is 0 Å². The van der Waals surface area contributed by atoms with E-state index in [-0.39, 0.29) is 5.69 Å². The molecule has 0 fully saturated rings. The van der Waals surface area contributed by atoms with Crippen LogP contribution in [0.5, 0.6) is 0 Å². The van der Waals surface area contributed by atoms with Crippen LogP contribution in [0.1, 0.15) is 25.0 Å². The van der Waals surface area contributed by atoms with Crippen LogP contribution in [0.15, 0.2) is 18.2 Å². The zero-order valence-electron chi connectivity index (χ0n) is 10.7. The number of hydrogen-bond donors (Lipinski definition) is 1. The quantitative estimate of drug-likeness (QED) is 0.905. The van der Waals surface area contributed by atoms with Crippen LogP contribution in [0.4, 0.5) is 18.9 Å². The van der Waals surface area contributed by atoms with E-state index >= 15 is 0 Å². The van der Waals surface area contributed by atoms with Gasteiger partial charge in [0, 0.05) is 5.69 Å². The van der Waals surface area contributed by atoms with Crippen molar-refractivity contribution >= 4 is 11.6 Å². The van der Waals surface area contributed by atoms with Crippen LogP contribution < -0.4 is 5.32 Å². The fraction of sp³-hybridized carbons (Fsp3) is 0.308. The maximum atomic E-state index is 12.7. The summed E-state index contributed by atoms with van der Waals surface area (Å²) in [6.45, 7) is 2.69. The Bertz CT molecular complexity index is 621. The Balaban J connectivity index is 3.16. The second kappa shape index (κ2) is 5.22. The third-order valence-corrected chi connectivity index (χ3v) is 2.55. The van der Waals surface area contributed by atoms with Gasteiger partial charge >= 0.3 is 6.18 Å². The van der Waals surface area contributed by atoms with Crippen LogP contribution in [0.3, 0.4) is 0 Å². The van der Waals surface area contributed by atoms with Gasteiger partial charge in [0.1, 0.15) is 5.41 Å². The number of amides is 1. The van der Waals surface area contributed by atoms with Crippen LogP contribution >= 0.6 is 0 Å². The first-order valence-corrected chi connectivity index (χ1v) is 5.46. The van der Waals surface area contributed by atoms with Gasteiger partial charge in [-0.3, -0.25) is 4.79 Å². The summed E-state index contributed by atoms with van der Waals surface area (Å²) in [6.07, 6.45) is -4.70. The SMILES string of the molecule is CC(C)(C#N)C(=O)Nc1ccc(C#N)c(C(F)(F)F)c1. The molecule has 0 heterocycles. The minimum absolute atomic E-state index is 0.121. The van der Waals surface area contributed by atoms with Gasteiger partial charge in [0.25, 0.3) is 0 Å². The molecule has 1 amide bonds. The molecule has 1 aromatic rings. The Morgan fingerprint density at radius 3 is 2.30 bits per heavy atom. The Labute approximate surface area is 113 Å². The van der Waals surface area contributed by atoms with Crippen LogP contribution in [0, 0.1) is 28.1 Å². The molecular formula is C13H10F3N3O. The molecule has 0 spiro atoms. The molecule has 20 heavy (non-hydrogen) atoms. The summed E-state index contributed by atoms with van der Waals surface area (Å²) in [5.41, 5.74) is -3.15. The Kier molecular flexibility index (Phi) is 4.05. The number of hydrogen-bond acceptors (Lipinski definition) is 3. The van der Waals surface area contributed by atoms with Gasteiger partial charge in [-0.05, 0) is 32.0 Å². The molecule has 0 unspecified atom stereocenters. The first kappa shape index (κ1) is 15.5. The normalized spacial score (nSPS) is 11.3. The van der Waals surface area contributed by atoms with Crippen molar-refractivity contribution in [3.8, 4) is 12.1 Å². The van der Waals surface area contributed by atoms with Crippen molar-refractivity contribution in [1.82, 2.24) is 0 Å². The molecule has 7 heteroatoms. The van der Waals surface area contributed by atoms with E-state index < -0.39 is 28.6 Å². The van der Waals surface area contributed by atoms with E-state index in [1.807, 2.05) is 0 Å². The second-order valence-corrected chi connectivity index (χ2v) is 4.56. The van der Waals surface area contributed by atoms with Gasteiger partial charge in [-0.15, -0.1) is 0 Å². The predicted octanol–water partition coefficient (Wildman–Crippen LogP) is 3.07. The molecule has 0 aliphatic carbocycles. The molecule has 1 N–H and O–H groups in total. The summed E-state index contributed by atoms with van der Waals surface area (Å²) >= 11 is 0. The van der Waals surface area contributed by atoms with E-state index in [9.17, 15) is 18.0 Å². The number of alkyl halides is 3. The van der Waals surface area contributed by atoms with Gasteiger partial charge in [0.15, 0.2) is 0 Å². The van der Waals surface area contributed by atoms with Gasteiger partial charge in [-0.1, -0.05) is 0 Å². The number of carbonyl (C=O) groups is 1. The number of nitriles is 2. The van der Waals surface area contributed by atoms with Gasteiger partial charge < -0.3 is 5.32 Å². The average Bonchev–Trinajstić information content (AvgIpc) is 2.37. The van der Waals surface area contributed by atoms with Gasteiger partial charge in [0.05, 0.1) is 23.3 Å². The lowest BCUT2D eigenvalue weighted by molar-refractivity contribution is -0.137. The molecule has 0 atom stereocenters. The monoisotopic (exact) mass is 281 g/mol. The Morgan fingerprint density at radius 1 is 1.25 bits per heavy atom. The van der Waals surface area contributed by atoms with Crippen molar-refractivity contribution < 1.29 is 18.0 Å². The molecule has 0 saturated carbocycles. The highest BCUT2D eigenvalue weighted by molar-refractivity contribution is 5.96. The summed E-state index contributed by atoms with van der Waals surface area (Å²) in [5.74, 6) is -0.724. The lowest BCUT2D eigenvalue weighted by atomic mass is 9.94. The zero-order chi connectivity index (χ0) is 15.6. The highest BCUT2D eigenvalue weighted by atomic mass is 19.4. The largest absolute Gasteiger partial charge is 0.417 e. The van der Waals surface area contributed by atoms with Crippen molar-refractivity contribution in [2.75, 3.05) is 5.32 Å². The highest BCUT2D eigenvalue weighted by Crippen LogP contribution is 2.33. The summed E-state index contributed by atoms with van der Waals surface area (Å²) in [6, 6.07) is 6.00. The molecule has 4 nitrogen and oxygen atoms in total. The summed E-state index contributed by atoms with van der Waals surface area (Å²) in [5, 5.41) is 19.6. The van der Waals surface area contributed by atoms with Gasteiger partial charge in [-0.25, -0.2) is 0 Å². The minimum Gasteiger partial charge on any atom is -0.325 e. The molecule has 1 aromatic carbocycles. The molecule has 0 saturated heterocycles. The van der Waals surface area contributed by atoms with Crippen LogP contribution in [0.2, 0.25) is 0 Å². The average molecular weight is 281 g/mol. The number of anilines is 1. The lowest BCUT2D eigenvalue weighted by Gasteiger charge is -2.16. The van der Waals surface area contributed by atoms with E-state index in [4.69, 9.17) is 10.5 Å². The molecular weight excluding hydrogens is 271 g/mol. The van der Waals surface area contributed by atoms with E-state index in [1.54, 1.807) is 6.07 Å². The van der Waals surface area contributed by atoms with E-state index in [0.29, 0.717) is 6.07 Å². The molecule has 104 valence electrons. The fourth-order valence-corrected chi connectivity index (χ4v) is 1.29. The molecule has 1 rings (SSSR count). The standard InChI is InChI=1S/C13H10F3N3O/c1-12(2,7-18)11(20)19-9-4-3-8(6-17)10(5-9)13(14,15)16/h3-5H,1-2H3,(H,19,20).